The highest BCUT2D eigenvalue weighted by Gasteiger charge is 2.56. The molecular weight excluding hydrogens is 440 g/mol. The molecular formula is C33H31N2O+. The molecule has 3 heteroatoms. The lowest BCUT2D eigenvalue weighted by Gasteiger charge is -2.58. The summed E-state index contributed by atoms with van der Waals surface area (Å²) in [7, 11) is 0. The highest BCUT2D eigenvalue weighted by atomic mass is 16.3. The highest BCUT2D eigenvalue weighted by Crippen LogP contribution is 2.53. The topological polar surface area (TPSA) is 33.1 Å². The molecule has 4 heterocycles. The zero-order chi connectivity index (χ0) is 24.3. The van der Waals surface area contributed by atoms with Gasteiger partial charge in [-0.05, 0) is 52.6 Å². The van der Waals surface area contributed by atoms with Crippen molar-refractivity contribution >= 4 is 38.1 Å². The van der Waals surface area contributed by atoms with Gasteiger partial charge in [-0.1, -0.05) is 60.7 Å². The predicted molar refractivity (Wildman–Crippen MR) is 150 cm³/mol. The summed E-state index contributed by atoms with van der Waals surface area (Å²) in [6.07, 6.45) is 5.60. The zero-order valence-electron chi connectivity index (χ0n) is 20.4. The lowest BCUT2D eigenvalue weighted by atomic mass is 9.70. The minimum absolute atomic E-state index is 0.0694. The fourth-order valence-corrected chi connectivity index (χ4v) is 7.42. The normalized spacial score (nSPS) is 26.4. The van der Waals surface area contributed by atoms with E-state index in [0.717, 1.165) is 46.9 Å². The van der Waals surface area contributed by atoms with Crippen LogP contribution in [0.25, 0.3) is 32.4 Å². The molecule has 2 bridgehead atoms. The number of rotatable bonds is 4. The maximum Gasteiger partial charge on any atom is 0.149 e. The first-order valence-electron chi connectivity index (χ1n) is 13.1. The third-order valence-electron chi connectivity index (χ3n) is 9.08. The van der Waals surface area contributed by atoms with Crippen molar-refractivity contribution in [3.05, 3.63) is 109 Å². The van der Waals surface area contributed by atoms with E-state index in [9.17, 15) is 5.11 Å². The molecule has 1 aromatic heterocycles. The van der Waals surface area contributed by atoms with Gasteiger partial charge in [0, 0.05) is 41.1 Å². The van der Waals surface area contributed by atoms with Crippen LogP contribution >= 0.6 is 0 Å². The van der Waals surface area contributed by atoms with Gasteiger partial charge in [0.1, 0.15) is 17.8 Å². The van der Waals surface area contributed by atoms with Crippen LogP contribution in [0.1, 0.15) is 24.5 Å². The van der Waals surface area contributed by atoms with E-state index in [1.165, 1.54) is 27.2 Å². The van der Waals surface area contributed by atoms with Gasteiger partial charge in [0.2, 0.25) is 0 Å². The van der Waals surface area contributed by atoms with E-state index >= 15 is 0 Å². The van der Waals surface area contributed by atoms with E-state index in [1.807, 2.05) is 30.5 Å². The molecule has 0 radical (unpaired) electrons. The monoisotopic (exact) mass is 471 g/mol. The van der Waals surface area contributed by atoms with E-state index in [2.05, 4.69) is 78.3 Å². The molecule has 3 saturated heterocycles. The van der Waals surface area contributed by atoms with Gasteiger partial charge in [0.05, 0.1) is 18.6 Å². The summed E-state index contributed by atoms with van der Waals surface area (Å²) in [5, 5.41) is 18.4. The van der Waals surface area contributed by atoms with Gasteiger partial charge < -0.3 is 5.11 Å². The third-order valence-corrected chi connectivity index (χ3v) is 9.08. The average Bonchev–Trinajstić information content (AvgIpc) is 2.95. The Labute approximate surface area is 211 Å². The van der Waals surface area contributed by atoms with E-state index < -0.39 is 6.10 Å². The Kier molecular flexibility index (Phi) is 4.99. The second kappa shape index (κ2) is 8.26. The molecule has 5 atom stereocenters. The van der Waals surface area contributed by atoms with Gasteiger partial charge >= 0.3 is 0 Å². The number of aliphatic hydroxyl groups excluding tert-OH is 1. The molecule has 3 aliphatic heterocycles. The molecule has 3 nitrogen and oxygen atoms in total. The zero-order valence-corrected chi connectivity index (χ0v) is 20.4. The predicted octanol–water partition coefficient (Wildman–Crippen LogP) is 7.18. The Hall–Kier alpha value is -3.53. The van der Waals surface area contributed by atoms with Gasteiger partial charge in [-0.25, -0.2) is 0 Å². The van der Waals surface area contributed by atoms with Crippen molar-refractivity contribution in [2.24, 2.45) is 11.8 Å². The van der Waals surface area contributed by atoms with Gasteiger partial charge in [-0.15, -0.1) is 6.58 Å². The molecule has 3 fully saturated rings. The maximum atomic E-state index is 12.2. The Morgan fingerprint density at radius 3 is 2.28 bits per heavy atom. The van der Waals surface area contributed by atoms with Crippen molar-refractivity contribution in [1.29, 1.82) is 0 Å². The van der Waals surface area contributed by atoms with Crippen LogP contribution in [0.3, 0.4) is 0 Å². The molecule has 0 saturated carbocycles. The van der Waals surface area contributed by atoms with Crippen LogP contribution < -0.4 is 4.48 Å². The largest absolute Gasteiger partial charge is 0.382 e. The third kappa shape index (κ3) is 3.09. The van der Waals surface area contributed by atoms with E-state index in [1.54, 1.807) is 0 Å². The minimum atomic E-state index is -0.579. The van der Waals surface area contributed by atoms with Gasteiger partial charge in [-0.3, -0.25) is 9.47 Å². The summed E-state index contributed by atoms with van der Waals surface area (Å²) >= 11 is 0. The summed E-state index contributed by atoms with van der Waals surface area (Å²) in [6, 6.07) is 30.2. The number of pyridine rings is 1. The van der Waals surface area contributed by atoms with Gasteiger partial charge in [0.25, 0.3) is 0 Å². The van der Waals surface area contributed by atoms with Crippen molar-refractivity contribution in [2.75, 3.05) is 13.1 Å². The second-order valence-electron chi connectivity index (χ2n) is 10.7. The highest BCUT2D eigenvalue weighted by molar-refractivity contribution is 6.10. The molecule has 3 unspecified atom stereocenters. The molecule has 4 aromatic carbocycles. The summed E-state index contributed by atoms with van der Waals surface area (Å²) < 4.78 is 0.798. The van der Waals surface area contributed by atoms with E-state index in [-0.39, 0.29) is 6.04 Å². The minimum Gasteiger partial charge on any atom is -0.382 e. The van der Waals surface area contributed by atoms with Crippen molar-refractivity contribution in [2.45, 2.75) is 25.0 Å². The Bertz CT molecular complexity index is 1570. The fourth-order valence-electron chi connectivity index (χ4n) is 7.42. The van der Waals surface area contributed by atoms with Crippen LogP contribution in [0.15, 0.2) is 104 Å². The number of benzene rings is 4. The summed E-state index contributed by atoms with van der Waals surface area (Å²) in [5.41, 5.74) is 3.31. The SMILES string of the molecule is C=CC1C[N+]2(c3c4ccccc4cc4ccccc34)CCC1C[C@H]2[C@H](O)c1ccnc2ccccc12. The quantitative estimate of drug-likeness (QED) is 0.171. The number of fused-ring (bicyclic) bond motifs is 6. The molecule has 0 amide bonds. The molecule has 8 rings (SSSR count). The van der Waals surface area contributed by atoms with Crippen molar-refractivity contribution in [3.63, 3.8) is 0 Å². The van der Waals surface area contributed by atoms with E-state index in [0.29, 0.717) is 11.8 Å². The van der Waals surface area contributed by atoms with Gasteiger partial charge in [-0.2, -0.15) is 0 Å². The number of hydrogen-bond acceptors (Lipinski definition) is 2. The summed E-state index contributed by atoms with van der Waals surface area (Å²) in [4.78, 5) is 4.57. The number of para-hydroxylation sites is 1. The van der Waals surface area contributed by atoms with Crippen molar-refractivity contribution in [1.82, 2.24) is 9.47 Å². The number of piperidine rings is 3. The maximum absolute atomic E-state index is 12.2. The number of aliphatic hydroxyl groups is 1. The van der Waals surface area contributed by atoms with Crippen molar-refractivity contribution in [3.8, 4) is 0 Å². The Morgan fingerprint density at radius 1 is 0.889 bits per heavy atom. The smallest absolute Gasteiger partial charge is 0.149 e. The standard InChI is InChI=1S/C33H31N2O/c1-2-22-21-35(32-26-11-5-3-9-24(26)19-25-10-4-6-12-27(25)32)18-16-23(22)20-31(35)33(36)29-15-17-34-30-14-8-7-13-28(29)30/h2-15,17,19,22-23,31,33,36H,1,16,18,20-21H2/q+1/t22?,23?,31-,33+,35?/m0/s1. The first kappa shape index (κ1) is 21.7. The summed E-state index contributed by atoms with van der Waals surface area (Å²) in [5.74, 6) is 1.02. The average molecular weight is 472 g/mol. The van der Waals surface area contributed by atoms with Gasteiger partial charge in [0.15, 0.2) is 0 Å². The molecule has 3 aliphatic rings. The van der Waals surface area contributed by atoms with Crippen LogP contribution in [0.2, 0.25) is 0 Å². The second-order valence-corrected chi connectivity index (χ2v) is 10.7. The fraction of sp³-hybridized carbons (Fsp3) is 0.242. The number of quaternary nitrogens is 1. The molecule has 178 valence electrons. The molecule has 0 aliphatic carbocycles. The molecule has 36 heavy (non-hydrogen) atoms. The Balaban J connectivity index is 1.50. The van der Waals surface area contributed by atoms with Crippen LogP contribution in [-0.4, -0.2) is 29.2 Å². The lowest BCUT2D eigenvalue weighted by molar-refractivity contribution is -0.0380. The number of nitrogens with zero attached hydrogens (tertiary/aromatic N) is 2. The molecule has 1 N–H and O–H groups in total. The van der Waals surface area contributed by atoms with Crippen LogP contribution in [-0.2, 0) is 0 Å². The van der Waals surface area contributed by atoms with Crippen LogP contribution in [0.5, 0.6) is 0 Å². The lowest BCUT2D eigenvalue weighted by Crippen LogP contribution is -2.69. The van der Waals surface area contributed by atoms with Crippen molar-refractivity contribution < 1.29 is 5.11 Å². The Morgan fingerprint density at radius 2 is 1.56 bits per heavy atom. The number of hydrogen-bond donors (Lipinski definition) is 1. The van der Waals surface area contributed by atoms with Crippen LogP contribution in [0, 0.1) is 11.8 Å². The molecule has 0 spiro atoms. The molecule has 5 aromatic rings. The first-order valence-corrected chi connectivity index (χ1v) is 13.1. The number of aromatic nitrogens is 1. The summed E-state index contributed by atoms with van der Waals surface area (Å²) in [6.45, 7) is 6.26. The first-order chi connectivity index (χ1) is 17.7. The van der Waals surface area contributed by atoms with E-state index in [4.69, 9.17) is 0 Å². The van der Waals surface area contributed by atoms with Crippen LogP contribution in [0.4, 0.5) is 5.69 Å².